The molecule has 156 valence electrons. The lowest BCUT2D eigenvalue weighted by molar-refractivity contribution is -0.118. The summed E-state index contributed by atoms with van der Waals surface area (Å²) in [5.74, 6) is -3.45. The fourth-order valence-corrected chi connectivity index (χ4v) is 3.85. The molecule has 1 aromatic rings. The van der Waals surface area contributed by atoms with E-state index >= 15 is 0 Å². The van der Waals surface area contributed by atoms with Crippen LogP contribution in [-0.2, 0) is 14.6 Å². The van der Waals surface area contributed by atoms with Crippen molar-refractivity contribution in [2.24, 2.45) is 0 Å². The molecule has 0 radical (unpaired) electrons. The first-order valence-corrected chi connectivity index (χ1v) is 10.2. The van der Waals surface area contributed by atoms with Crippen molar-refractivity contribution < 1.29 is 31.6 Å². The molecule has 0 atom stereocenters. The number of alkyl halides is 3. The third-order valence-corrected chi connectivity index (χ3v) is 5.55. The standard InChI is InChI=1S/C16H21F3N4O4S/c1-3-22(15(24)6-8-28(26,27)11-16(17,18)19)14-10-23(20-12(14)2)13-5-4-7-21(25)9-13/h4-5,7,10,25H,3,6,8-9,11H2,1-2H3. The summed E-state index contributed by atoms with van der Waals surface area (Å²) in [4.78, 5) is 13.7. The van der Waals surface area contributed by atoms with Gasteiger partial charge in [-0.2, -0.15) is 18.3 Å². The first kappa shape index (κ1) is 22.0. The summed E-state index contributed by atoms with van der Waals surface area (Å²) in [5.41, 5.74) is 1.53. The Morgan fingerprint density at radius 2 is 2.07 bits per heavy atom. The van der Waals surface area contributed by atoms with Crippen LogP contribution in [0.15, 0.2) is 24.5 Å². The predicted octanol–water partition coefficient (Wildman–Crippen LogP) is 1.97. The van der Waals surface area contributed by atoms with E-state index in [0.29, 0.717) is 17.1 Å². The molecule has 8 nitrogen and oxygen atoms in total. The Bertz CT molecular complexity index is 890. The summed E-state index contributed by atoms with van der Waals surface area (Å²) in [6.07, 6.45) is 0.956. The molecule has 1 amide bonds. The van der Waals surface area contributed by atoms with E-state index in [1.807, 2.05) is 0 Å². The quantitative estimate of drug-likeness (QED) is 0.722. The Morgan fingerprint density at radius 3 is 2.64 bits per heavy atom. The highest BCUT2D eigenvalue weighted by atomic mass is 32.2. The number of carbonyl (C=O) groups excluding carboxylic acids is 1. The van der Waals surface area contributed by atoms with Gasteiger partial charge in [-0.3, -0.25) is 15.1 Å². The summed E-state index contributed by atoms with van der Waals surface area (Å²) in [6, 6.07) is 0. The first-order chi connectivity index (χ1) is 12.9. The average Bonchev–Trinajstić information content (AvgIpc) is 2.93. The minimum Gasteiger partial charge on any atom is -0.310 e. The van der Waals surface area contributed by atoms with E-state index in [2.05, 4.69) is 5.10 Å². The van der Waals surface area contributed by atoms with Crippen molar-refractivity contribution in [2.45, 2.75) is 26.4 Å². The second-order valence-electron chi connectivity index (χ2n) is 6.24. The third-order valence-electron chi connectivity index (χ3n) is 3.96. The van der Waals surface area contributed by atoms with Crippen LogP contribution in [0, 0.1) is 6.92 Å². The van der Waals surface area contributed by atoms with Crippen LogP contribution in [-0.4, -0.2) is 65.1 Å². The van der Waals surface area contributed by atoms with Crippen molar-refractivity contribution in [3.05, 3.63) is 30.2 Å². The number of hydrogen-bond donors (Lipinski definition) is 1. The Kier molecular flexibility index (Phi) is 6.55. The molecule has 28 heavy (non-hydrogen) atoms. The molecule has 1 aromatic heterocycles. The van der Waals surface area contributed by atoms with E-state index in [0.717, 1.165) is 5.06 Å². The minimum atomic E-state index is -4.84. The van der Waals surface area contributed by atoms with Gasteiger partial charge in [0.1, 0.15) is 5.75 Å². The largest absolute Gasteiger partial charge is 0.402 e. The Labute approximate surface area is 160 Å². The van der Waals surface area contributed by atoms with E-state index in [4.69, 9.17) is 0 Å². The van der Waals surface area contributed by atoms with Crippen LogP contribution < -0.4 is 4.90 Å². The lowest BCUT2D eigenvalue weighted by Crippen LogP contribution is -2.33. The highest BCUT2D eigenvalue weighted by Crippen LogP contribution is 2.23. The maximum Gasteiger partial charge on any atom is 0.402 e. The maximum absolute atomic E-state index is 12.4. The van der Waals surface area contributed by atoms with Gasteiger partial charge in [-0.05, 0) is 26.0 Å². The fourth-order valence-electron chi connectivity index (χ4n) is 2.72. The van der Waals surface area contributed by atoms with Crippen molar-refractivity contribution >= 4 is 27.1 Å². The molecule has 12 heteroatoms. The van der Waals surface area contributed by atoms with Crippen molar-refractivity contribution in [3.8, 4) is 0 Å². The van der Waals surface area contributed by atoms with Crippen LogP contribution in [0.5, 0.6) is 0 Å². The first-order valence-electron chi connectivity index (χ1n) is 8.39. The number of hydrogen-bond acceptors (Lipinski definition) is 6. The van der Waals surface area contributed by atoms with Crippen molar-refractivity contribution in [1.29, 1.82) is 0 Å². The number of rotatable bonds is 7. The van der Waals surface area contributed by atoms with E-state index in [9.17, 15) is 31.6 Å². The van der Waals surface area contributed by atoms with Crippen molar-refractivity contribution in [3.63, 3.8) is 0 Å². The zero-order valence-corrected chi connectivity index (χ0v) is 16.2. The summed E-state index contributed by atoms with van der Waals surface area (Å²) < 4.78 is 61.5. The molecule has 2 rings (SSSR count). The number of aryl methyl sites for hydroxylation is 1. The number of amides is 1. The van der Waals surface area contributed by atoms with Gasteiger partial charge in [-0.25, -0.2) is 13.1 Å². The highest BCUT2D eigenvalue weighted by molar-refractivity contribution is 7.91. The van der Waals surface area contributed by atoms with Gasteiger partial charge in [-0.1, -0.05) is 0 Å². The second kappa shape index (κ2) is 8.35. The molecule has 0 aromatic carbocycles. The molecule has 1 aliphatic rings. The molecule has 1 N–H and O–H groups in total. The molecular formula is C16H21F3N4O4S. The SMILES string of the molecule is CCN(C(=O)CCS(=O)(=O)CC(F)(F)F)c1cn(C2=CC=CN(O)C2)nc1C. The van der Waals surface area contributed by atoms with E-state index in [-0.39, 0.29) is 13.1 Å². The van der Waals surface area contributed by atoms with Gasteiger partial charge in [0, 0.05) is 19.2 Å². The molecule has 0 fully saturated rings. The molecule has 0 bridgehead atoms. The zero-order chi connectivity index (χ0) is 21.1. The molecular weight excluding hydrogens is 401 g/mol. The monoisotopic (exact) mass is 422 g/mol. The third kappa shape index (κ3) is 5.83. The number of sulfone groups is 1. The van der Waals surface area contributed by atoms with Gasteiger partial charge < -0.3 is 4.90 Å². The van der Waals surface area contributed by atoms with Gasteiger partial charge >= 0.3 is 6.18 Å². The van der Waals surface area contributed by atoms with Crippen LogP contribution in [0.2, 0.25) is 0 Å². The lowest BCUT2D eigenvalue weighted by Gasteiger charge is -2.20. The average molecular weight is 422 g/mol. The normalized spacial score (nSPS) is 14.9. The highest BCUT2D eigenvalue weighted by Gasteiger charge is 2.35. The molecule has 0 spiro atoms. The number of allylic oxidation sites excluding steroid dienone is 2. The van der Waals surface area contributed by atoms with E-state index in [1.54, 1.807) is 32.2 Å². The molecule has 0 saturated heterocycles. The Morgan fingerprint density at radius 1 is 1.39 bits per heavy atom. The maximum atomic E-state index is 12.4. The van der Waals surface area contributed by atoms with Crippen LogP contribution in [0.4, 0.5) is 18.9 Å². The smallest absolute Gasteiger partial charge is 0.310 e. The predicted molar refractivity (Wildman–Crippen MR) is 96.2 cm³/mol. The molecule has 0 unspecified atom stereocenters. The number of hydroxylamine groups is 2. The van der Waals surface area contributed by atoms with Crippen molar-refractivity contribution in [2.75, 3.05) is 29.5 Å². The Hall–Kier alpha value is -2.34. The lowest BCUT2D eigenvalue weighted by atomic mass is 10.3. The second-order valence-corrected chi connectivity index (χ2v) is 8.42. The van der Waals surface area contributed by atoms with E-state index in [1.165, 1.54) is 15.8 Å². The van der Waals surface area contributed by atoms with Gasteiger partial charge in [0.25, 0.3) is 0 Å². The van der Waals surface area contributed by atoms with Gasteiger partial charge in [0.15, 0.2) is 9.84 Å². The van der Waals surface area contributed by atoms with Gasteiger partial charge in [-0.15, -0.1) is 0 Å². The van der Waals surface area contributed by atoms with E-state index < -0.39 is 39.8 Å². The van der Waals surface area contributed by atoms with Crippen LogP contribution in [0.25, 0.3) is 5.70 Å². The summed E-state index contributed by atoms with van der Waals surface area (Å²) in [7, 11) is -4.43. The topological polar surface area (TPSA) is 95.7 Å². The number of halogens is 3. The van der Waals surface area contributed by atoms with Crippen LogP contribution in [0.3, 0.4) is 0 Å². The van der Waals surface area contributed by atoms with Gasteiger partial charge in [0.05, 0.1) is 35.6 Å². The Balaban J connectivity index is 2.13. The molecule has 1 aliphatic heterocycles. The number of aromatic nitrogens is 2. The zero-order valence-electron chi connectivity index (χ0n) is 15.3. The molecule has 0 aliphatic carbocycles. The number of carbonyl (C=O) groups is 1. The number of anilines is 1. The van der Waals surface area contributed by atoms with Gasteiger partial charge in [0.2, 0.25) is 5.91 Å². The van der Waals surface area contributed by atoms with Crippen LogP contribution in [0.1, 0.15) is 19.0 Å². The van der Waals surface area contributed by atoms with Crippen molar-refractivity contribution in [1.82, 2.24) is 14.8 Å². The molecule has 0 saturated carbocycles. The summed E-state index contributed by atoms with van der Waals surface area (Å²) >= 11 is 0. The van der Waals surface area contributed by atoms with Crippen LogP contribution >= 0.6 is 0 Å². The molecule has 2 heterocycles. The fraction of sp³-hybridized carbons (Fsp3) is 0.500. The summed E-state index contributed by atoms with van der Waals surface area (Å²) in [6.45, 7) is 3.68. The minimum absolute atomic E-state index is 0.173. The number of nitrogens with zero attached hydrogens (tertiary/aromatic N) is 4. The summed E-state index contributed by atoms with van der Waals surface area (Å²) in [5, 5.41) is 14.8.